The molecule has 0 saturated carbocycles. The third kappa shape index (κ3) is 6.22. The van der Waals surface area contributed by atoms with E-state index in [4.69, 9.17) is 23.8 Å². The number of thiocarbonyl (C=S) groups is 1. The number of rotatable bonds is 3. The van der Waals surface area contributed by atoms with Gasteiger partial charge >= 0.3 is 0 Å². The lowest BCUT2D eigenvalue weighted by molar-refractivity contribution is -0.116. The zero-order chi connectivity index (χ0) is 14.3. The zero-order valence-corrected chi connectivity index (χ0v) is 12.3. The average molecular weight is 298 g/mol. The predicted molar refractivity (Wildman–Crippen MR) is 82.6 cm³/mol. The third-order valence-electron chi connectivity index (χ3n) is 2.04. The first-order valence-corrected chi connectivity index (χ1v) is 6.56. The van der Waals surface area contributed by atoms with Crippen molar-refractivity contribution in [2.75, 3.05) is 0 Å². The molecular formula is C13H16ClN3OS. The second-order valence-electron chi connectivity index (χ2n) is 4.10. The Morgan fingerprint density at radius 2 is 2.00 bits per heavy atom. The summed E-state index contributed by atoms with van der Waals surface area (Å²) < 4.78 is 0. The minimum absolute atomic E-state index is 0.204. The Kier molecular flexibility index (Phi) is 6.32. The first-order valence-electron chi connectivity index (χ1n) is 5.78. The van der Waals surface area contributed by atoms with E-state index in [0.29, 0.717) is 10.1 Å². The van der Waals surface area contributed by atoms with Gasteiger partial charge in [0.2, 0.25) is 0 Å². The number of nitrogens with one attached hydrogen (secondary N) is 3. The van der Waals surface area contributed by atoms with E-state index in [1.807, 2.05) is 32.0 Å². The van der Waals surface area contributed by atoms with E-state index in [-0.39, 0.29) is 11.9 Å². The molecule has 0 fully saturated rings. The Morgan fingerprint density at radius 3 is 2.63 bits per heavy atom. The normalized spacial score (nSPS) is 10.5. The van der Waals surface area contributed by atoms with Crippen LogP contribution in [0.5, 0.6) is 0 Å². The van der Waals surface area contributed by atoms with Crippen molar-refractivity contribution in [2.24, 2.45) is 0 Å². The van der Waals surface area contributed by atoms with Crippen LogP contribution in [0.2, 0.25) is 5.02 Å². The van der Waals surface area contributed by atoms with Gasteiger partial charge in [0.25, 0.3) is 5.91 Å². The molecule has 0 atom stereocenters. The van der Waals surface area contributed by atoms with Gasteiger partial charge in [0.15, 0.2) is 5.11 Å². The third-order valence-corrected chi connectivity index (χ3v) is 2.60. The molecule has 0 aliphatic rings. The van der Waals surface area contributed by atoms with Gasteiger partial charge in [-0.2, -0.15) is 0 Å². The molecule has 1 rings (SSSR count). The summed E-state index contributed by atoms with van der Waals surface area (Å²) in [6.07, 6.45) is 3.02. The fraction of sp³-hybridized carbons (Fsp3) is 0.231. The fourth-order valence-electron chi connectivity index (χ4n) is 1.23. The molecule has 0 aliphatic heterocycles. The van der Waals surface area contributed by atoms with E-state index in [0.717, 1.165) is 5.56 Å². The van der Waals surface area contributed by atoms with Crippen LogP contribution in [0, 0.1) is 0 Å². The minimum Gasteiger partial charge on any atom is -0.359 e. The minimum atomic E-state index is -0.312. The van der Waals surface area contributed by atoms with Gasteiger partial charge in [0.05, 0.1) is 0 Å². The number of halogens is 1. The fourth-order valence-corrected chi connectivity index (χ4v) is 1.72. The lowest BCUT2D eigenvalue weighted by atomic mass is 10.2. The van der Waals surface area contributed by atoms with Gasteiger partial charge in [0, 0.05) is 17.1 Å². The van der Waals surface area contributed by atoms with Crippen LogP contribution in [0.3, 0.4) is 0 Å². The number of amides is 1. The van der Waals surface area contributed by atoms with Gasteiger partial charge in [0.1, 0.15) is 0 Å². The van der Waals surface area contributed by atoms with Crippen LogP contribution in [0.25, 0.3) is 6.08 Å². The molecule has 0 bridgehead atoms. The Balaban J connectivity index is 2.44. The van der Waals surface area contributed by atoms with E-state index in [1.54, 1.807) is 12.1 Å². The first-order chi connectivity index (χ1) is 8.99. The molecule has 0 saturated heterocycles. The summed E-state index contributed by atoms with van der Waals surface area (Å²) in [4.78, 5) is 11.5. The molecule has 0 radical (unpaired) electrons. The van der Waals surface area contributed by atoms with Crippen LogP contribution < -0.4 is 16.2 Å². The highest BCUT2D eigenvalue weighted by Crippen LogP contribution is 2.15. The van der Waals surface area contributed by atoms with Crippen LogP contribution in [-0.4, -0.2) is 17.1 Å². The largest absolute Gasteiger partial charge is 0.359 e. The molecule has 3 N–H and O–H groups in total. The molecule has 1 aromatic carbocycles. The molecule has 102 valence electrons. The summed E-state index contributed by atoms with van der Waals surface area (Å²) in [7, 11) is 0. The predicted octanol–water partition coefficient (Wildman–Crippen LogP) is 2.26. The van der Waals surface area contributed by atoms with Crippen LogP contribution in [0.15, 0.2) is 30.3 Å². The number of hydrogen-bond acceptors (Lipinski definition) is 2. The van der Waals surface area contributed by atoms with Gasteiger partial charge in [-0.3, -0.25) is 15.6 Å². The van der Waals surface area contributed by atoms with Gasteiger partial charge in [-0.1, -0.05) is 29.8 Å². The Morgan fingerprint density at radius 1 is 1.32 bits per heavy atom. The molecule has 0 heterocycles. The summed E-state index contributed by atoms with van der Waals surface area (Å²) >= 11 is 10.9. The second-order valence-corrected chi connectivity index (χ2v) is 4.91. The number of benzene rings is 1. The van der Waals surface area contributed by atoms with Crippen molar-refractivity contribution in [3.63, 3.8) is 0 Å². The zero-order valence-electron chi connectivity index (χ0n) is 10.7. The van der Waals surface area contributed by atoms with Crippen LogP contribution in [0.1, 0.15) is 19.4 Å². The monoisotopic (exact) mass is 297 g/mol. The standard InChI is InChI=1S/C13H16ClN3OS/c1-9(2)15-13(19)17-16-12(18)8-7-10-5-3-4-6-11(10)14/h3-9H,1-2H3,(H,16,18)(H2,15,17,19)/b8-7+. The summed E-state index contributed by atoms with van der Waals surface area (Å²) in [5.41, 5.74) is 5.84. The van der Waals surface area contributed by atoms with Crippen LogP contribution in [-0.2, 0) is 4.79 Å². The first kappa shape index (κ1) is 15.5. The summed E-state index contributed by atoms with van der Waals surface area (Å²) in [5.74, 6) is -0.312. The Hall–Kier alpha value is -1.59. The molecule has 0 aromatic heterocycles. The Labute approximate surface area is 123 Å². The molecule has 6 heteroatoms. The van der Waals surface area contributed by atoms with Crippen LogP contribution in [0.4, 0.5) is 0 Å². The smallest absolute Gasteiger partial charge is 0.262 e. The maximum absolute atomic E-state index is 11.5. The van der Waals surface area contributed by atoms with E-state index in [1.165, 1.54) is 6.08 Å². The van der Waals surface area contributed by atoms with Crippen molar-refractivity contribution in [3.05, 3.63) is 40.9 Å². The lowest BCUT2D eigenvalue weighted by Crippen LogP contribution is -2.48. The number of carbonyl (C=O) groups excluding carboxylic acids is 1. The van der Waals surface area contributed by atoms with Gasteiger partial charge in [-0.25, -0.2) is 0 Å². The maximum Gasteiger partial charge on any atom is 0.262 e. The number of hydrazine groups is 1. The van der Waals surface area contributed by atoms with E-state index in [9.17, 15) is 4.79 Å². The van der Waals surface area contributed by atoms with Crippen LogP contribution >= 0.6 is 23.8 Å². The summed E-state index contributed by atoms with van der Waals surface area (Å²) in [6.45, 7) is 3.90. The molecule has 4 nitrogen and oxygen atoms in total. The van der Waals surface area contributed by atoms with E-state index >= 15 is 0 Å². The van der Waals surface area contributed by atoms with Crippen molar-refractivity contribution in [1.29, 1.82) is 0 Å². The second kappa shape index (κ2) is 7.76. The quantitative estimate of drug-likeness (QED) is 0.455. The van der Waals surface area contributed by atoms with E-state index < -0.39 is 0 Å². The molecule has 19 heavy (non-hydrogen) atoms. The molecule has 0 spiro atoms. The van der Waals surface area contributed by atoms with Crippen molar-refractivity contribution < 1.29 is 4.79 Å². The molecule has 1 aromatic rings. The van der Waals surface area contributed by atoms with Gasteiger partial charge in [-0.05, 0) is 43.8 Å². The molecule has 0 unspecified atom stereocenters. The number of carbonyl (C=O) groups is 1. The molecule has 0 aliphatic carbocycles. The summed E-state index contributed by atoms with van der Waals surface area (Å²) in [5, 5.41) is 3.91. The van der Waals surface area contributed by atoms with Gasteiger partial charge < -0.3 is 5.32 Å². The summed E-state index contributed by atoms with van der Waals surface area (Å²) in [6, 6.07) is 7.47. The van der Waals surface area contributed by atoms with Gasteiger partial charge in [-0.15, -0.1) is 0 Å². The SMILES string of the molecule is CC(C)NC(=S)NNC(=O)/C=C/c1ccccc1Cl. The molecule has 1 amide bonds. The highest BCUT2D eigenvalue weighted by atomic mass is 35.5. The highest BCUT2D eigenvalue weighted by Gasteiger charge is 2.00. The average Bonchev–Trinajstić information content (AvgIpc) is 2.34. The van der Waals surface area contributed by atoms with E-state index in [2.05, 4.69) is 16.2 Å². The topological polar surface area (TPSA) is 53.2 Å². The lowest BCUT2D eigenvalue weighted by Gasteiger charge is -2.12. The van der Waals surface area contributed by atoms with Crippen molar-refractivity contribution in [2.45, 2.75) is 19.9 Å². The Bertz CT molecular complexity index is 489. The van der Waals surface area contributed by atoms with Crippen molar-refractivity contribution >= 4 is 40.9 Å². The molecular weight excluding hydrogens is 282 g/mol. The highest BCUT2D eigenvalue weighted by molar-refractivity contribution is 7.80. The van der Waals surface area contributed by atoms with Crippen molar-refractivity contribution in [3.8, 4) is 0 Å². The van der Waals surface area contributed by atoms with Crippen molar-refractivity contribution in [1.82, 2.24) is 16.2 Å². The number of hydrogen-bond donors (Lipinski definition) is 3. The maximum atomic E-state index is 11.5.